The highest BCUT2D eigenvalue weighted by Crippen LogP contribution is 2.55. The van der Waals surface area contributed by atoms with E-state index in [1.165, 1.54) is 35.1 Å². The average molecular weight is 1050 g/mol. The Hall–Kier alpha value is -6.84. The molecular weight excluding hydrogens is 989 g/mol. The molecule has 7 aromatic rings. The van der Waals surface area contributed by atoms with E-state index in [2.05, 4.69) is 70.1 Å². The van der Waals surface area contributed by atoms with E-state index in [9.17, 15) is 25.3 Å². The van der Waals surface area contributed by atoms with Crippen molar-refractivity contribution in [2.24, 2.45) is 0 Å². The number of ether oxygens (including phenoxy) is 1. The van der Waals surface area contributed by atoms with Crippen LogP contribution in [0.25, 0.3) is 44.5 Å². The summed E-state index contributed by atoms with van der Waals surface area (Å²) in [5, 5.41) is 7.92. The predicted octanol–water partition coefficient (Wildman–Crippen LogP) is 11.8. The highest BCUT2D eigenvalue weighted by Gasteiger charge is 2.39. The van der Waals surface area contributed by atoms with Crippen molar-refractivity contribution in [1.29, 1.82) is 0 Å². The smallest absolute Gasteiger partial charge is 0.235 e. The number of para-hydroxylation sites is 1. The molecular formula is C60H58N2O9S3. The number of hydrogen-bond donors (Lipinski definition) is 3. The highest BCUT2D eigenvalue weighted by atomic mass is 32.2. The van der Waals surface area contributed by atoms with Gasteiger partial charge in [0.05, 0.1) is 21.5 Å². The lowest BCUT2D eigenvalue weighted by Crippen LogP contribution is -2.17. The maximum atomic E-state index is 12.8. The van der Waals surface area contributed by atoms with Crippen LogP contribution >= 0.6 is 0 Å². The number of aromatic hydroxyl groups is 1. The molecule has 7 aromatic carbocycles. The van der Waals surface area contributed by atoms with Gasteiger partial charge in [0.25, 0.3) is 0 Å². The van der Waals surface area contributed by atoms with Crippen LogP contribution < -0.4 is 9.44 Å². The van der Waals surface area contributed by atoms with Gasteiger partial charge >= 0.3 is 0 Å². The first-order chi connectivity index (χ1) is 35.8. The molecule has 6 aliphatic carbocycles. The van der Waals surface area contributed by atoms with Crippen molar-refractivity contribution in [1.82, 2.24) is 0 Å². The molecule has 1 heterocycles. The largest absolute Gasteiger partial charge is 0.508 e. The SMILES string of the molecule is C1CCOC1.C=O.O=S(=O)(Cc1ccc2c(c1)Cc1ccccc1-2)C1CC1.O=S(=O)(Nc1ccc2c(c1)/C(=C1\c3ccccc3-c3ccc(NS(=O)(=O)C4CC4)cc31)c1ccccc1-2)C1CC1.Oc1ccccc1. The lowest BCUT2D eigenvalue weighted by atomic mass is 9.91. The third-order valence-corrected chi connectivity index (χ3v) is 20.1. The lowest BCUT2D eigenvalue weighted by molar-refractivity contribution is -0.0980. The Morgan fingerprint density at radius 2 is 0.865 bits per heavy atom. The molecule has 0 amide bonds. The van der Waals surface area contributed by atoms with Crippen LogP contribution in [0.15, 0.2) is 158 Å². The lowest BCUT2D eigenvalue weighted by Gasteiger charge is -2.14. The summed E-state index contributed by atoms with van der Waals surface area (Å²) in [5.74, 6) is 0.517. The quantitative estimate of drug-likeness (QED) is 0.127. The molecule has 380 valence electrons. The van der Waals surface area contributed by atoms with Gasteiger partial charge in [0, 0.05) is 24.6 Å². The minimum atomic E-state index is -3.42. The van der Waals surface area contributed by atoms with E-state index < -0.39 is 29.9 Å². The Morgan fingerprint density at radius 3 is 1.31 bits per heavy atom. The van der Waals surface area contributed by atoms with Crippen LogP contribution in [0.5, 0.6) is 5.75 Å². The number of carbonyl (C=O) groups is 1. The van der Waals surface area contributed by atoms with Crippen molar-refractivity contribution >= 4 is 59.2 Å². The summed E-state index contributed by atoms with van der Waals surface area (Å²) >= 11 is 0. The first kappa shape index (κ1) is 50.7. The molecule has 14 rings (SSSR count). The summed E-state index contributed by atoms with van der Waals surface area (Å²) in [4.78, 5) is 8.00. The Labute approximate surface area is 434 Å². The van der Waals surface area contributed by atoms with Gasteiger partial charge in [0.1, 0.15) is 12.5 Å². The van der Waals surface area contributed by atoms with Gasteiger partial charge in [-0.1, -0.05) is 121 Å². The first-order valence-corrected chi connectivity index (χ1v) is 29.9. The summed E-state index contributed by atoms with van der Waals surface area (Å²) in [6.07, 6.45) is 7.95. The summed E-state index contributed by atoms with van der Waals surface area (Å²) in [7, 11) is -9.75. The number of sulfone groups is 1. The average Bonchev–Trinajstić information content (AvgIpc) is 4.36. The summed E-state index contributed by atoms with van der Waals surface area (Å²) < 4.78 is 85.8. The second kappa shape index (κ2) is 21.2. The summed E-state index contributed by atoms with van der Waals surface area (Å²) in [6, 6.07) is 51.3. The molecule has 3 N–H and O–H groups in total. The molecule has 1 aliphatic heterocycles. The van der Waals surface area contributed by atoms with Crippen LogP contribution in [0.4, 0.5) is 11.4 Å². The van der Waals surface area contributed by atoms with E-state index in [4.69, 9.17) is 14.6 Å². The zero-order valence-electron chi connectivity index (χ0n) is 40.9. The van der Waals surface area contributed by atoms with Gasteiger partial charge in [-0.2, -0.15) is 0 Å². The minimum absolute atomic E-state index is 0.0760. The normalized spacial score (nSPS) is 17.3. The molecule has 0 bridgehead atoms. The maximum Gasteiger partial charge on any atom is 0.235 e. The minimum Gasteiger partial charge on any atom is -0.508 e. The van der Waals surface area contributed by atoms with Crippen LogP contribution in [0.1, 0.15) is 90.3 Å². The predicted molar refractivity (Wildman–Crippen MR) is 296 cm³/mol. The van der Waals surface area contributed by atoms with E-state index in [0.717, 1.165) is 93.7 Å². The summed E-state index contributed by atoms with van der Waals surface area (Å²) in [5.41, 5.74) is 17.5. The summed E-state index contributed by atoms with van der Waals surface area (Å²) in [6.45, 7) is 4.00. The Kier molecular flexibility index (Phi) is 14.5. The van der Waals surface area contributed by atoms with Crippen LogP contribution in [-0.2, 0) is 51.6 Å². The van der Waals surface area contributed by atoms with Gasteiger partial charge in [-0.25, -0.2) is 25.3 Å². The second-order valence-electron chi connectivity index (χ2n) is 19.5. The van der Waals surface area contributed by atoms with E-state index in [1.54, 1.807) is 24.3 Å². The van der Waals surface area contributed by atoms with E-state index in [1.807, 2.05) is 79.6 Å². The monoisotopic (exact) mass is 1050 g/mol. The number of rotatable bonds is 9. The molecule has 0 spiro atoms. The van der Waals surface area contributed by atoms with Crippen molar-refractivity contribution in [3.63, 3.8) is 0 Å². The van der Waals surface area contributed by atoms with Crippen molar-refractivity contribution < 1.29 is 39.9 Å². The molecule has 4 fully saturated rings. The fourth-order valence-corrected chi connectivity index (χ4v) is 14.5. The first-order valence-electron chi connectivity index (χ1n) is 25.1. The van der Waals surface area contributed by atoms with Crippen LogP contribution in [-0.4, -0.2) is 66.1 Å². The van der Waals surface area contributed by atoms with Gasteiger partial charge in [-0.3, -0.25) is 9.44 Å². The maximum absolute atomic E-state index is 12.8. The highest BCUT2D eigenvalue weighted by molar-refractivity contribution is 7.94. The molecule has 11 nitrogen and oxygen atoms in total. The molecule has 0 aromatic heterocycles. The third kappa shape index (κ3) is 11.0. The van der Waals surface area contributed by atoms with Gasteiger partial charge in [0.2, 0.25) is 20.0 Å². The Bertz CT molecular complexity index is 3470. The van der Waals surface area contributed by atoms with Gasteiger partial charge in [0.15, 0.2) is 9.84 Å². The van der Waals surface area contributed by atoms with E-state index in [-0.39, 0.29) is 21.5 Å². The van der Waals surface area contributed by atoms with E-state index >= 15 is 0 Å². The van der Waals surface area contributed by atoms with Crippen LogP contribution in [0.2, 0.25) is 0 Å². The van der Waals surface area contributed by atoms with Gasteiger partial charge < -0.3 is 14.6 Å². The second-order valence-corrected chi connectivity index (χ2v) is 25.7. The van der Waals surface area contributed by atoms with Crippen molar-refractivity contribution in [2.45, 2.75) is 79.3 Å². The number of carbonyl (C=O) groups excluding carboxylic acids is 1. The molecule has 0 radical (unpaired) electrons. The number of sulfonamides is 2. The number of anilines is 2. The Balaban J connectivity index is 0.000000151. The third-order valence-electron chi connectivity index (χ3n) is 14.1. The molecule has 14 heteroatoms. The van der Waals surface area contributed by atoms with Crippen LogP contribution in [0.3, 0.4) is 0 Å². The molecule has 0 atom stereocenters. The number of benzene rings is 7. The van der Waals surface area contributed by atoms with Crippen LogP contribution in [0, 0.1) is 0 Å². The molecule has 1 saturated heterocycles. The Morgan fingerprint density at radius 1 is 0.446 bits per heavy atom. The van der Waals surface area contributed by atoms with Gasteiger partial charge in [-0.05, 0) is 178 Å². The molecule has 3 saturated carbocycles. The van der Waals surface area contributed by atoms with Gasteiger partial charge in [-0.15, -0.1) is 0 Å². The zero-order valence-corrected chi connectivity index (χ0v) is 43.3. The van der Waals surface area contributed by atoms with E-state index in [0.29, 0.717) is 42.8 Å². The number of phenols is 1. The van der Waals surface area contributed by atoms with Crippen molar-refractivity contribution in [3.05, 3.63) is 197 Å². The van der Waals surface area contributed by atoms with Crippen molar-refractivity contribution in [2.75, 3.05) is 22.7 Å². The zero-order chi connectivity index (χ0) is 51.6. The molecule has 7 aliphatic rings. The molecule has 74 heavy (non-hydrogen) atoms. The topological polar surface area (TPSA) is 173 Å². The molecule has 0 unspecified atom stereocenters. The van der Waals surface area contributed by atoms with Crippen molar-refractivity contribution in [3.8, 4) is 39.1 Å². The number of hydrogen-bond acceptors (Lipinski definition) is 9. The fourth-order valence-electron chi connectivity index (χ4n) is 10.1. The standard InChI is InChI=1S/C32H26N2O4S2.C17H16O2S.C6H6O.C4H8O.CH2O/c35-39(36,21-11-12-21)33-19-9-15-25-23-5-1-3-7-27(23)31(29(25)17-19)32-28-8-4-2-6-24(28)26-16-10-20(18-30(26)32)34-40(37,38)22-13-14-22;18-20(19,15-6-7-15)11-12-5-8-17-14(9-12)10-13-3-1-2-4-16(13)17;7-6-4-2-1-3-5-6;1-2-4-5-3-1;1-2/h1-10,15-18,21-22,33-34H,11-14H2;1-5,8-9,15H,6-7,10-11H2;1-5,7H;1-4H2;1H2/b32-31+;;;;. The number of phenolic OH excluding ortho intramolecular Hbond substituents is 1. The number of fused-ring (bicyclic) bond motifs is 9. The number of nitrogens with one attached hydrogen (secondary N) is 2. The fraction of sp³-hybridized carbons (Fsp3) is 0.250.